The molecule has 0 radical (unpaired) electrons. The third-order valence-electron chi connectivity index (χ3n) is 3.54. The summed E-state index contributed by atoms with van der Waals surface area (Å²) in [6, 6.07) is 11.3. The first kappa shape index (κ1) is 19.6. The highest BCUT2D eigenvalue weighted by Crippen LogP contribution is 2.54. The van der Waals surface area contributed by atoms with Gasteiger partial charge in [0.25, 0.3) is 0 Å². The SMILES string of the molecule is Cc1cc(SC(F)(F)C(F)(F)C(F)(F)F)cc(C)c1-c1ccccc1. The summed E-state index contributed by atoms with van der Waals surface area (Å²) in [6.45, 7) is 3.17. The van der Waals surface area contributed by atoms with E-state index in [-0.39, 0.29) is 4.90 Å². The minimum absolute atomic E-state index is 0.358. The molecule has 0 N–H and O–H groups in total. The Kier molecular flexibility index (Phi) is 5.14. The fourth-order valence-electron chi connectivity index (χ4n) is 2.42. The van der Waals surface area contributed by atoms with Crippen molar-refractivity contribution in [2.75, 3.05) is 0 Å². The van der Waals surface area contributed by atoms with Crippen LogP contribution in [0.3, 0.4) is 0 Å². The monoisotopic (exact) mass is 382 g/mol. The molecule has 2 aromatic carbocycles. The molecule has 0 atom stereocenters. The quantitative estimate of drug-likeness (QED) is 0.411. The van der Waals surface area contributed by atoms with E-state index in [1.54, 1.807) is 44.2 Å². The first-order valence-electron chi connectivity index (χ1n) is 7.05. The fourth-order valence-corrected chi connectivity index (χ4v) is 3.43. The van der Waals surface area contributed by atoms with Gasteiger partial charge in [-0.1, -0.05) is 30.3 Å². The van der Waals surface area contributed by atoms with E-state index in [0.29, 0.717) is 11.1 Å². The zero-order valence-electron chi connectivity index (χ0n) is 13.1. The lowest BCUT2D eigenvalue weighted by Crippen LogP contribution is -2.49. The molecule has 0 spiro atoms. The van der Waals surface area contributed by atoms with Gasteiger partial charge in [-0.15, -0.1) is 0 Å². The zero-order valence-corrected chi connectivity index (χ0v) is 13.9. The first-order chi connectivity index (χ1) is 11.4. The lowest BCUT2D eigenvalue weighted by Gasteiger charge is -2.27. The summed E-state index contributed by atoms with van der Waals surface area (Å²) in [5.74, 6) is -6.13. The normalized spacial score (nSPS) is 13.2. The molecule has 0 saturated carbocycles. The maximum atomic E-state index is 13.6. The zero-order chi connectivity index (χ0) is 19.0. The molecule has 0 saturated heterocycles. The Balaban J connectivity index is 2.40. The van der Waals surface area contributed by atoms with Gasteiger partial charge in [0.2, 0.25) is 0 Å². The Morgan fingerprint density at radius 3 is 1.68 bits per heavy atom. The van der Waals surface area contributed by atoms with Crippen LogP contribution in [0.2, 0.25) is 0 Å². The molecule has 0 unspecified atom stereocenters. The van der Waals surface area contributed by atoms with Crippen LogP contribution in [-0.2, 0) is 0 Å². The number of halogens is 7. The van der Waals surface area contributed by atoms with Crippen molar-refractivity contribution >= 4 is 11.8 Å². The average Bonchev–Trinajstić information content (AvgIpc) is 2.45. The molecule has 0 nitrogen and oxygen atoms in total. The average molecular weight is 382 g/mol. The third kappa shape index (κ3) is 3.78. The van der Waals surface area contributed by atoms with E-state index in [0.717, 1.165) is 11.1 Å². The summed E-state index contributed by atoms with van der Waals surface area (Å²) < 4.78 is 89.9. The van der Waals surface area contributed by atoms with Crippen LogP contribution in [0.1, 0.15) is 11.1 Å². The molecule has 0 aliphatic carbocycles. The highest BCUT2D eigenvalue weighted by atomic mass is 32.2. The number of hydrogen-bond donors (Lipinski definition) is 0. The predicted octanol–water partition coefficient (Wildman–Crippen LogP) is 6.85. The number of alkyl halides is 7. The van der Waals surface area contributed by atoms with E-state index in [4.69, 9.17) is 0 Å². The van der Waals surface area contributed by atoms with Crippen molar-refractivity contribution in [1.82, 2.24) is 0 Å². The first-order valence-corrected chi connectivity index (χ1v) is 7.86. The Labute approximate surface area is 144 Å². The van der Waals surface area contributed by atoms with Crippen LogP contribution in [0, 0.1) is 13.8 Å². The van der Waals surface area contributed by atoms with Crippen LogP contribution in [0.5, 0.6) is 0 Å². The summed E-state index contributed by atoms with van der Waals surface area (Å²) in [4.78, 5) is -0.358. The van der Waals surface area contributed by atoms with Crippen LogP contribution in [0.25, 0.3) is 11.1 Å². The maximum Gasteiger partial charge on any atom is 0.460 e. The van der Waals surface area contributed by atoms with Crippen molar-refractivity contribution in [3.05, 3.63) is 53.6 Å². The van der Waals surface area contributed by atoms with Gasteiger partial charge in [-0.3, -0.25) is 0 Å². The number of hydrogen-bond acceptors (Lipinski definition) is 1. The van der Waals surface area contributed by atoms with Crippen molar-refractivity contribution in [3.63, 3.8) is 0 Å². The van der Waals surface area contributed by atoms with Gasteiger partial charge in [-0.05, 0) is 60.0 Å². The van der Waals surface area contributed by atoms with Crippen LogP contribution in [0.15, 0.2) is 47.4 Å². The van der Waals surface area contributed by atoms with Gasteiger partial charge in [0.1, 0.15) is 0 Å². The Morgan fingerprint density at radius 1 is 0.760 bits per heavy atom. The van der Waals surface area contributed by atoms with Crippen LogP contribution >= 0.6 is 11.8 Å². The number of benzene rings is 2. The summed E-state index contributed by atoms with van der Waals surface area (Å²) >= 11 is -0.791. The second-order valence-electron chi connectivity index (χ2n) is 5.49. The van der Waals surface area contributed by atoms with Crippen LogP contribution in [-0.4, -0.2) is 17.4 Å². The summed E-state index contributed by atoms with van der Waals surface area (Å²) in [6.07, 6.45) is -6.34. The second-order valence-corrected chi connectivity index (χ2v) is 6.68. The molecule has 0 amide bonds. The maximum absolute atomic E-state index is 13.6. The highest BCUT2D eigenvalue weighted by Gasteiger charge is 2.73. The van der Waals surface area contributed by atoms with Gasteiger partial charge in [0.05, 0.1) is 0 Å². The Bertz CT molecular complexity index is 728. The van der Waals surface area contributed by atoms with Gasteiger partial charge >= 0.3 is 17.4 Å². The molecule has 25 heavy (non-hydrogen) atoms. The van der Waals surface area contributed by atoms with Crippen LogP contribution in [0.4, 0.5) is 30.7 Å². The Morgan fingerprint density at radius 2 is 1.24 bits per heavy atom. The van der Waals surface area contributed by atoms with Gasteiger partial charge in [-0.2, -0.15) is 30.7 Å². The molecule has 0 heterocycles. The van der Waals surface area contributed by atoms with Crippen molar-refractivity contribution in [3.8, 4) is 11.1 Å². The van der Waals surface area contributed by atoms with Crippen molar-refractivity contribution in [1.29, 1.82) is 0 Å². The number of rotatable bonds is 4. The number of thioether (sulfide) groups is 1. The van der Waals surface area contributed by atoms with E-state index in [1.807, 2.05) is 0 Å². The van der Waals surface area contributed by atoms with E-state index in [1.165, 1.54) is 12.1 Å². The van der Waals surface area contributed by atoms with Crippen molar-refractivity contribution < 1.29 is 30.7 Å². The molecule has 0 fully saturated rings. The van der Waals surface area contributed by atoms with Crippen LogP contribution < -0.4 is 0 Å². The molecule has 136 valence electrons. The largest absolute Gasteiger partial charge is 0.460 e. The fraction of sp³-hybridized carbons (Fsp3) is 0.294. The molecule has 0 aromatic heterocycles. The minimum atomic E-state index is -6.34. The van der Waals surface area contributed by atoms with Gasteiger partial charge < -0.3 is 0 Å². The lowest BCUT2D eigenvalue weighted by molar-refractivity contribution is -0.330. The number of aryl methyl sites for hydroxylation is 2. The molecule has 0 aliphatic rings. The summed E-state index contributed by atoms with van der Waals surface area (Å²) in [5, 5.41) is -5.32. The molecular formula is C17H13F7S. The predicted molar refractivity (Wildman–Crippen MR) is 83.2 cm³/mol. The van der Waals surface area contributed by atoms with E-state index < -0.39 is 29.1 Å². The smallest absolute Gasteiger partial charge is 0.188 e. The van der Waals surface area contributed by atoms with E-state index in [9.17, 15) is 30.7 Å². The summed E-state index contributed by atoms with van der Waals surface area (Å²) in [7, 11) is 0. The van der Waals surface area contributed by atoms with Gasteiger partial charge in [0.15, 0.2) is 0 Å². The minimum Gasteiger partial charge on any atom is -0.188 e. The van der Waals surface area contributed by atoms with Gasteiger partial charge in [0, 0.05) is 4.90 Å². The molecule has 0 bridgehead atoms. The molecule has 2 rings (SSSR count). The van der Waals surface area contributed by atoms with Gasteiger partial charge in [-0.25, -0.2) is 0 Å². The lowest BCUT2D eigenvalue weighted by atomic mass is 9.96. The third-order valence-corrected chi connectivity index (χ3v) is 4.52. The van der Waals surface area contributed by atoms with E-state index in [2.05, 4.69) is 0 Å². The molecule has 8 heteroatoms. The Hall–Kier alpha value is -1.70. The molecule has 0 aliphatic heterocycles. The van der Waals surface area contributed by atoms with Crippen molar-refractivity contribution in [2.24, 2.45) is 0 Å². The van der Waals surface area contributed by atoms with E-state index >= 15 is 0 Å². The van der Waals surface area contributed by atoms with Crippen molar-refractivity contribution in [2.45, 2.75) is 36.1 Å². The highest BCUT2D eigenvalue weighted by molar-refractivity contribution is 8.00. The molecule has 2 aromatic rings. The second kappa shape index (κ2) is 6.55. The summed E-state index contributed by atoms with van der Waals surface area (Å²) in [5.41, 5.74) is 2.51. The molecular weight excluding hydrogens is 369 g/mol. The topological polar surface area (TPSA) is 0 Å². The standard InChI is InChI=1S/C17H13F7S/c1-10-8-13(25-17(23,24)15(18,19)16(20,21)22)9-11(2)14(10)12-6-4-3-5-7-12/h3-9H,1-2H3.